The molecule has 2 N–H and O–H groups in total. The fourth-order valence-electron chi connectivity index (χ4n) is 2.51. The number of hydrogen-bond acceptors (Lipinski definition) is 3. The highest BCUT2D eigenvalue weighted by Gasteiger charge is 2.21. The summed E-state index contributed by atoms with van der Waals surface area (Å²) in [4.78, 5) is 11.8. The molecule has 0 bridgehead atoms. The molecule has 2 atom stereocenters. The van der Waals surface area contributed by atoms with Gasteiger partial charge in [0, 0.05) is 19.6 Å². The van der Waals surface area contributed by atoms with Crippen LogP contribution < -0.4 is 10.6 Å². The highest BCUT2D eigenvalue weighted by atomic mass is 35.5. The van der Waals surface area contributed by atoms with E-state index in [0.29, 0.717) is 12.3 Å². The van der Waals surface area contributed by atoms with Gasteiger partial charge in [0.2, 0.25) is 5.91 Å². The molecule has 1 saturated heterocycles. The van der Waals surface area contributed by atoms with Crippen molar-refractivity contribution in [3.8, 4) is 0 Å². The third-order valence-corrected chi connectivity index (χ3v) is 3.70. The molecule has 1 aliphatic heterocycles. The van der Waals surface area contributed by atoms with Crippen LogP contribution in [-0.4, -0.2) is 37.7 Å². The van der Waals surface area contributed by atoms with Crippen molar-refractivity contribution in [1.29, 1.82) is 0 Å². The Kier molecular flexibility index (Phi) is 8.62. The zero-order chi connectivity index (χ0) is 13.6. The van der Waals surface area contributed by atoms with E-state index in [-0.39, 0.29) is 30.0 Å². The van der Waals surface area contributed by atoms with Crippen LogP contribution >= 0.6 is 12.4 Å². The molecule has 0 aliphatic carbocycles. The number of ether oxygens (including phenoxy) is 1. The summed E-state index contributed by atoms with van der Waals surface area (Å²) in [6.45, 7) is 8.29. The van der Waals surface area contributed by atoms with Gasteiger partial charge in [0.25, 0.3) is 0 Å². The predicted molar refractivity (Wildman–Crippen MR) is 80.8 cm³/mol. The quantitative estimate of drug-likeness (QED) is 0.756. The Balaban J connectivity index is 0.00000324. The van der Waals surface area contributed by atoms with Gasteiger partial charge in [-0.2, -0.15) is 0 Å². The van der Waals surface area contributed by atoms with Crippen molar-refractivity contribution in [2.45, 2.75) is 58.1 Å². The zero-order valence-electron chi connectivity index (χ0n) is 12.6. The van der Waals surface area contributed by atoms with Crippen LogP contribution in [-0.2, 0) is 9.53 Å². The SMILES string of the molecule is COC(C)(C)CC(C)NC(=O)CCC1CCNC1.Cl. The number of amides is 1. The summed E-state index contributed by atoms with van der Waals surface area (Å²) < 4.78 is 5.37. The van der Waals surface area contributed by atoms with E-state index in [4.69, 9.17) is 4.74 Å². The molecule has 0 aromatic carbocycles. The van der Waals surface area contributed by atoms with Crippen LogP contribution in [0.15, 0.2) is 0 Å². The molecule has 1 fully saturated rings. The number of nitrogens with one attached hydrogen (secondary N) is 2. The average Bonchev–Trinajstić information content (AvgIpc) is 2.78. The van der Waals surface area contributed by atoms with Gasteiger partial charge >= 0.3 is 0 Å². The van der Waals surface area contributed by atoms with Gasteiger partial charge in [-0.05, 0) is 59.0 Å². The van der Waals surface area contributed by atoms with E-state index in [2.05, 4.69) is 10.6 Å². The van der Waals surface area contributed by atoms with Crippen LogP contribution in [0.2, 0.25) is 0 Å². The first-order chi connectivity index (χ1) is 8.43. The van der Waals surface area contributed by atoms with Crippen LogP contribution in [0.1, 0.15) is 46.5 Å². The lowest BCUT2D eigenvalue weighted by atomic mass is 9.99. The Labute approximate surface area is 123 Å². The number of methoxy groups -OCH3 is 1. The molecule has 114 valence electrons. The Morgan fingerprint density at radius 1 is 1.53 bits per heavy atom. The molecule has 0 aromatic heterocycles. The molecule has 1 rings (SSSR count). The number of rotatable bonds is 7. The van der Waals surface area contributed by atoms with Crippen molar-refractivity contribution in [1.82, 2.24) is 10.6 Å². The van der Waals surface area contributed by atoms with E-state index in [1.165, 1.54) is 6.42 Å². The molecule has 0 saturated carbocycles. The van der Waals surface area contributed by atoms with E-state index in [0.717, 1.165) is 25.9 Å². The first-order valence-electron chi connectivity index (χ1n) is 6.98. The van der Waals surface area contributed by atoms with Crippen LogP contribution in [0.5, 0.6) is 0 Å². The monoisotopic (exact) mass is 292 g/mol. The largest absolute Gasteiger partial charge is 0.379 e. The maximum absolute atomic E-state index is 11.8. The molecule has 0 spiro atoms. The van der Waals surface area contributed by atoms with Gasteiger partial charge in [0.05, 0.1) is 5.60 Å². The van der Waals surface area contributed by atoms with Gasteiger partial charge in [0.15, 0.2) is 0 Å². The second-order valence-electron chi connectivity index (χ2n) is 6.03. The molecule has 1 heterocycles. The molecule has 1 aliphatic rings. The van der Waals surface area contributed by atoms with Crippen LogP contribution in [0.25, 0.3) is 0 Å². The second-order valence-corrected chi connectivity index (χ2v) is 6.03. The van der Waals surface area contributed by atoms with Crippen LogP contribution in [0.4, 0.5) is 0 Å². The van der Waals surface area contributed by atoms with Crippen molar-refractivity contribution >= 4 is 18.3 Å². The lowest BCUT2D eigenvalue weighted by molar-refractivity contribution is -0.122. The Bertz CT molecular complexity index is 266. The summed E-state index contributed by atoms with van der Waals surface area (Å²) in [6.07, 6.45) is 3.68. The maximum Gasteiger partial charge on any atom is 0.220 e. The smallest absolute Gasteiger partial charge is 0.220 e. The van der Waals surface area contributed by atoms with Gasteiger partial charge in [-0.25, -0.2) is 0 Å². The third kappa shape index (κ3) is 7.75. The van der Waals surface area contributed by atoms with E-state index >= 15 is 0 Å². The van der Waals surface area contributed by atoms with E-state index < -0.39 is 0 Å². The minimum Gasteiger partial charge on any atom is -0.379 e. The fraction of sp³-hybridized carbons (Fsp3) is 0.929. The lowest BCUT2D eigenvalue weighted by Gasteiger charge is -2.27. The van der Waals surface area contributed by atoms with Gasteiger partial charge in [0.1, 0.15) is 0 Å². The van der Waals surface area contributed by atoms with Gasteiger partial charge in [-0.1, -0.05) is 0 Å². The second kappa shape index (κ2) is 8.77. The van der Waals surface area contributed by atoms with Crippen molar-refractivity contribution in [3.63, 3.8) is 0 Å². The van der Waals surface area contributed by atoms with Crippen molar-refractivity contribution in [3.05, 3.63) is 0 Å². The van der Waals surface area contributed by atoms with Crippen molar-refractivity contribution < 1.29 is 9.53 Å². The summed E-state index contributed by atoms with van der Waals surface area (Å²) in [7, 11) is 1.71. The lowest BCUT2D eigenvalue weighted by Crippen LogP contribution is -2.39. The van der Waals surface area contributed by atoms with Gasteiger partial charge < -0.3 is 15.4 Å². The predicted octanol–water partition coefficient (Wildman–Crippen LogP) is 2.12. The summed E-state index contributed by atoms with van der Waals surface area (Å²) >= 11 is 0. The van der Waals surface area contributed by atoms with Crippen molar-refractivity contribution in [2.75, 3.05) is 20.2 Å². The van der Waals surface area contributed by atoms with Crippen LogP contribution in [0.3, 0.4) is 0 Å². The van der Waals surface area contributed by atoms with Crippen LogP contribution in [0, 0.1) is 5.92 Å². The normalized spacial score (nSPS) is 20.7. The molecule has 19 heavy (non-hydrogen) atoms. The Hall–Kier alpha value is -0.320. The summed E-state index contributed by atoms with van der Waals surface area (Å²) in [5.41, 5.74) is -0.179. The standard InChI is InChI=1S/C14H28N2O2.ClH/c1-11(9-14(2,3)18-4)16-13(17)6-5-12-7-8-15-10-12;/h11-12,15H,5-10H2,1-4H3,(H,16,17);1H. The molecule has 5 heteroatoms. The highest BCUT2D eigenvalue weighted by molar-refractivity contribution is 5.85. The minimum atomic E-state index is -0.179. The topological polar surface area (TPSA) is 50.4 Å². The summed E-state index contributed by atoms with van der Waals surface area (Å²) in [5.74, 6) is 0.850. The Morgan fingerprint density at radius 3 is 2.74 bits per heavy atom. The zero-order valence-corrected chi connectivity index (χ0v) is 13.4. The van der Waals surface area contributed by atoms with E-state index in [1.807, 2.05) is 20.8 Å². The fourth-order valence-corrected chi connectivity index (χ4v) is 2.51. The molecular formula is C14H29ClN2O2. The number of hydrogen-bond donors (Lipinski definition) is 2. The first kappa shape index (κ1) is 18.7. The van der Waals surface area contributed by atoms with E-state index in [9.17, 15) is 4.79 Å². The number of carbonyl (C=O) groups excluding carboxylic acids is 1. The van der Waals surface area contributed by atoms with E-state index in [1.54, 1.807) is 7.11 Å². The average molecular weight is 293 g/mol. The summed E-state index contributed by atoms with van der Waals surface area (Å²) in [6, 6.07) is 0.161. The van der Waals surface area contributed by atoms with Gasteiger partial charge in [-0.15, -0.1) is 12.4 Å². The minimum absolute atomic E-state index is 0. The molecular weight excluding hydrogens is 264 g/mol. The highest BCUT2D eigenvalue weighted by Crippen LogP contribution is 2.16. The van der Waals surface area contributed by atoms with Crippen molar-refractivity contribution in [2.24, 2.45) is 5.92 Å². The maximum atomic E-state index is 11.8. The molecule has 0 radical (unpaired) electrons. The van der Waals surface area contributed by atoms with Gasteiger partial charge in [-0.3, -0.25) is 4.79 Å². The number of halogens is 1. The molecule has 1 amide bonds. The Morgan fingerprint density at radius 2 is 2.21 bits per heavy atom. The molecule has 4 nitrogen and oxygen atoms in total. The molecule has 0 aromatic rings. The first-order valence-corrected chi connectivity index (χ1v) is 6.98. The summed E-state index contributed by atoms with van der Waals surface area (Å²) in [5, 5.41) is 6.38. The molecule has 2 unspecified atom stereocenters. The number of carbonyl (C=O) groups is 1. The third-order valence-electron chi connectivity index (χ3n) is 3.70.